The Morgan fingerprint density at radius 2 is 1.41 bits per heavy atom. The van der Waals surface area contributed by atoms with Crippen molar-refractivity contribution in [3.63, 3.8) is 0 Å². The molecule has 0 aromatic heterocycles. The highest BCUT2D eigenvalue weighted by Gasteiger charge is 2.11. The molecule has 0 saturated heterocycles. The van der Waals surface area contributed by atoms with Crippen LogP contribution in [-0.4, -0.2) is 23.6 Å². The van der Waals surface area contributed by atoms with Gasteiger partial charge < -0.3 is 9.84 Å². The number of aliphatic hydroxyl groups excluding tert-OH is 1. The fourth-order valence-corrected chi connectivity index (χ4v) is 3.58. The minimum atomic E-state index is -0.681. The van der Waals surface area contributed by atoms with Gasteiger partial charge in [-0.1, -0.05) is 75.8 Å². The summed E-state index contributed by atoms with van der Waals surface area (Å²) in [4.78, 5) is 11.2. The number of nitrogens with zero attached hydrogens (tertiary/aromatic N) is 1. The zero-order valence-electron chi connectivity index (χ0n) is 19.2. The van der Waals surface area contributed by atoms with Gasteiger partial charge in [0, 0.05) is 5.57 Å². The summed E-state index contributed by atoms with van der Waals surface area (Å²) in [5, 5.41) is 18.7. The van der Waals surface area contributed by atoms with Crippen LogP contribution in [0.4, 0.5) is 0 Å². The standard InChI is InChI=1S/C28H35NO3/c1-22(23(2)30)28(31)11-9-7-5-3-4-6-8-10-20-32-27-18-16-26(17-19-27)25-14-12-24(21-29)13-15-25/h12-19,28,31H,1,3-11,20H2,2H3. The molecule has 0 aliphatic carbocycles. The van der Waals surface area contributed by atoms with Crippen molar-refractivity contribution in [2.75, 3.05) is 6.61 Å². The summed E-state index contributed by atoms with van der Waals surface area (Å²) in [6.45, 7) is 5.82. The molecule has 0 fully saturated rings. The summed E-state index contributed by atoms with van der Waals surface area (Å²) in [6, 6.07) is 17.8. The lowest BCUT2D eigenvalue weighted by Crippen LogP contribution is -2.14. The molecule has 0 heterocycles. The Morgan fingerprint density at radius 3 is 1.94 bits per heavy atom. The van der Waals surface area contributed by atoms with Gasteiger partial charge in [-0.15, -0.1) is 0 Å². The SMILES string of the molecule is C=C(C(C)=O)C(O)CCCCCCCCCCOc1ccc(-c2ccc(C#N)cc2)cc1. The first-order valence-corrected chi connectivity index (χ1v) is 11.6. The molecule has 4 heteroatoms. The quantitative estimate of drug-likeness (QED) is 0.253. The Labute approximate surface area is 192 Å². The van der Waals surface area contributed by atoms with E-state index in [1.807, 2.05) is 48.5 Å². The number of Topliss-reactive ketones (excluding diaryl/α,β-unsaturated/α-hetero) is 1. The highest BCUT2D eigenvalue weighted by atomic mass is 16.5. The molecule has 170 valence electrons. The molecular formula is C28H35NO3. The maximum atomic E-state index is 11.2. The Kier molecular flexibility index (Phi) is 11.3. The fraction of sp³-hybridized carbons (Fsp3) is 0.429. The van der Waals surface area contributed by atoms with Crippen molar-refractivity contribution in [3.05, 3.63) is 66.2 Å². The number of ketones is 1. The van der Waals surface area contributed by atoms with Gasteiger partial charge in [0.2, 0.25) is 0 Å². The van der Waals surface area contributed by atoms with Crippen LogP contribution in [-0.2, 0) is 4.79 Å². The number of carbonyl (C=O) groups excluding carboxylic acids is 1. The van der Waals surface area contributed by atoms with Crippen LogP contribution in [0.5, 0.6) is 5.75 Å². The van der Waals surface area contributed by atoms with Crippen molar-refractivity contribution < 1.29 is 14.6 Å². The molecule has 0 saturated carbocycles. The van der Waals surface area contributed by atoms with Crippen molar-refractivity contribution in [1.82, 2.24) is 0 Å². The number of benzene rings is 2. The maximum absolute atomic E-state index is 11.2. The predicted octanol–water partition coefficient (Wildman–Crippen LogP) is 6.62. The number of aliphatic hydroxyl groups is 1. The Bertz CT molecular complexity index is 878. The molecular weight excluding hydrogens is 398 g/mol. The van der Waals surface area contributed by atoms with Crippen LogP contribution >= 0.6 is 0 Å². The summed E-state index contributed by atoms with van der Waals surface area (Å²) in [5.41, 5.74) is 3.20. The largest absolute Gasteiger partial charge is 0.494 e. The van der Waals surface area contributed by atoms with E-state index in [4.69, 9.17) is 10.00 Å². The van der Waals surface area contributed by atoms with Gasteiger partial charge in [-0.2, -0.15) is 5.26 Å². The number of nitriles is 1. The van der Waals surface area contributed by atoms with E-state index in [2.05, 4.69) is 12.6 Å². The van der Waals surface area contributed by atoms with Crippen molar-refractivity contribution in [2.45, 2.75) is 70.8 Å². The van der Waals surface area contributed by atoms with Gasteiger partial charge in [-0.25, -0.2) is 0 Å². The van der Waals surface area contributed by atoms with Gasteiger partial charge in [0.25, 0.3) is 0 Å². The number of ether oxygens (including phenoxy) is 1. The topological polar surface area (TPSA) is 70.3 Å². The van der Waals surface area contributed by atoms with Gasteiger partial charge in [-0.05, 0) is 55.2 Å². The third-order valence-electron chi connectivity index (χ3n) is 5.70. The zero-order chi connectivity index (χ0) is 23.2. The van der Waals surface area contributed by atoms with Gasteiger partial charge in [0.15, 0.2) is 5.78 Å². The van der Waals surface area contributed by atoms with Crippen LogP contribution in [0, 0.1) is 11.3 Å². The first kappa shape index (κ1) is 25.4. The van der Waals surface area contributed by atoms with Crippen molar-refractivity contribution in [1.29, 1.82) is 5.26 Å². The monoisotopic (exact) mass is 433 g/mol. The average molecular weight is 434 g/mol. The normalized spacial score (nSPS) is 11.5. The second kappa shape index (κ2) is 14.2. The van der Waals surface area contributed by atoms with E-state index in [1.165, 1.54) is 39.0 Å². The maximum Gasteiger partial charge on any atom is 0.157 e. The zero-order valence-corrected chi connectivity index (χ0v) is 19.2. The van der Waals surface area contributed by atoms with Gasteiger partial charge in [0.05, 0.1) is 24.3 Å². The van der Waals surface area contributed by atoms with Crippen LogP contribution in [0.1, 0.15) is 70.3 Å². The lowest BCUT2D eigenvalue weighted by atomic mass is 10.0. The first-order valence-electron chi connectivity index (χ1n) is 11.6. The molecule has 4 nitrogen and oxygen atoms in total. The van der Waals surface area contributed by atoms with Crippen LogP contribution in [0.2, 0.25) is 0 Å². The summed E-state index contributed by atoms with van der Waals surface area (Å²) in [7, 11) is 0. The molecule has 0 aliphatic heterocycles. The molecule has 2 aromatic rings. The van der Waals surface area contributed by atoms with E-state index < -0.39 is 6.10 Å². The molecule has 1 N–H and O–H groups in total. The van der Waals surface area contributed by atoms with Crippen molar-refractivity contribution >= 4 is 5.78 Å². The molecule has 32 heavy (non-hydrogen) atoms. The van der Waals surface area contributed by atoms with Crippen LogP contribution < -0.4 is 4.74 Å². The molecule has 1 unspecified atom stereocenters. The average Bonchev–Trinajstić information content (AvgIpc) is 2.82. The third-order valence-corrected chi connectivity index (χ3v) is 5.70. The van der Waals surface area contributed by atoms with Crippen molar-refractivity contribution in [2.24, 2.45) is 0 Å². The molecule has 0 radical (unpaired) electrons. The van der Waals surface area contributed by atoms with Crippen LogP contribution in [0.15, 0.2) is 60.7 Å². The lowest BCUT2D eigenvalue weighted by Gasteiger charge is -2.10. The van der Waals surface area contributed by atoms with E-state index >= 15 is 0 Å². The molecule has 1 atom stereocenters. The number of hydrogen-bond donors (Lipinski definition) is 1. The van der Waals surface area contributed by atoms with E-state index in [9.17, 15) is 9.90 Å². The minimum absolute atomic E-state index is 0.124. The van der Waals surface area contributed by atoms with E-state index in [-0.39, 0.29) is 5.78 Å². The summed E-state index contributed by atoms with van der Waals surface area (Å²) >= 11 is 0. The van der Waals surface area contributed by atoms with E-state index in [0.29, 0.717) is 17.6 Å². The number of rotatable bonds is 15. The second-order valence-corrected chi connectivity index (χ2v) is 8.28. The van der Waals surface area contributed by atoms with Crippen LogP contribution in [0.3, 0.4) is 0 Å². The smallest absolute Gasteiger partial charge is 0.157 e. The predicted molar refractivity (Wildman–Crippen MR) is 129 cm³/mol. The highest BCUT2D eigenvalue weighted by molar-refractivity contribution is 5.93. The molecule has 0 amide bonds. The van der Waals surface area contributed by atoms with Gasteiger partial charge in [0.1, 0.15) is 5.75 Å². The molecule has 0 bridgehead atoms. The third kappa shape index (κ3) is 9.08. The number of carbonyl (C=O) groups is 1. The molecule has 2 aromatic carbocycles. The van der Waals surface area contributed by atoms with E-state index in [0.717, 1.165) is 42.7 Å². The van der Waals surface area contributed by atoms with Gasteiger partial charge in [-0.3, -0.25) is 4.79 Å². The Hall–Kier alpha value is -2.90. The van der Waals surface area contributed by atoms with Crippen LogP contribution in [0.25, 0.3) is 11.1 Å². The summed E-state index contributed by atoms with van der Waals surface area (Å²) in [5.74, 6) is 0.763. The highest BCUT2D eigenvalue weighted by Crippen LogP contribution is 2.23. The first-order chi connectivity index (χ1) is 15.5. The molecule has 0 aliphatic rings. The molecule has 2 rings (SSSR count). The fourth-order valence-electron chi connectivity index (χ4n) is 3.58. The Morgan fingerprint density at radius 1 is 0.906 bits per heavy atom. The lowest BCUT2D eigenvalue weighted by molar-refractivity contribution is -0.114. The minimum Gasteiger partial charge on any atom is -0.494 e. The van der Waals surface area contributed by atoms with E-state index in [1.54, 1.807) is 0 Å². The summed E-state index contributed by atoms with van der Waals surface area (Å²) in [6.07, 6.45) is 9.01. The second-order valence-electron chi connectivity index (χ2n) is 8.28. The Balaban J connectivity index is 1.49. The van der Waals surface area contributed by atoms with Crippen molar-refractivity contribution in [3.8, 4) is 22.9 Å². The molecule has 0 spiro atoms. The van der Waals surface area contributed by atoms with Gasteiger partial charge >= 0.3 is 0 Å². The number of unbranched alkanes of at least 4 members (excludes halogenated alkanes) is 7. The number of hydrogen-bond acceptors (Lipinski definition) is 4. The summed E-state index contributed by atoms with van der Waals surface area (Å²) < 4.78 is 5.85.